The predicted octanol–water partition coefficient (Wildman–Crippen LogP) is 2.87. The van der Waals surface area contributed by atoms with Crippen LogP contribution in [0.15, 0.2) is 18.2 Å². The number of benzene rings is 1. The first kappa shape index (κ1) is 17.0. The number of likely N-dealkylation sites (tertiary alicyclic amines) is 1. The number of carbonyl (C=O) groups excluding carboxylic acids is 1. The minimum Gasteiger partial charge on any atom is -0.496 e. The van der Waals surface area contributed by atoms with Gasteiger partial charge in [0.25, 0.3) is 5.69 Å². The molecule has 1 aromatic carbocycles. The van der Waals surface area contributed by atoms with Gasteiger partial charge in [0.05, 0.1) is 12.0 Å². The number of nitrogens with zero attached hydrogens (tertiary/aromatic N) is 2. The van der Waals surface area contributed by atoms with E-state index in [1.807, 2.05) is 0 Å². The number of hydrogen-bond acceptors (Lipinski definition) is 4. The summed E-state index contributed by atoms with van der Waals surface area (Å²) in [5, 5.41) is 10.9. The lowest BCUT2D eigenvalue weighted by molar-refractivity contribution is -0.385. The maximum atomic E-state index is 12.4. The molecule has 0 unspecified atom stereocenters. The molecule has 1 saturated heterocycles. The van der Waals surface area contributed by atoms with Crippen LogP contribution in [0.1, 0.15) is 24.3 Å². The molecule has 0 saturated carbocycles. The average molecular weight is 332 g/mol. The van der Waals surface area contributed by atoms with Crippen molar-refractivity contribution in [3.63, 3.8) is 0 Å². The van der Waals surface area contributed by atoms with Crippen LogP contribution in [0, 0.1) is 10.1 Å². The SMILES string of the molecule is COc1ccc([N+](=O)[O-])cc1C1CCN(C(=O)C(F)(F)F)CC1. The van der Waals surface area contributed by atoms with Gasteiger partial charge in [-0.2, -0.15) is 13.2 Å². The van der Waals surface area contributed by atoms with Crippen molar-refractivity contribution in [2.45, 2.75) is 24.9 Å². The van der Waals surface area contributed by atoms with Crippen molar-refractivity contribution < 1.29 is 27.6 Å². The number of carbonyl (C=O) groups is 1. The van der Waals surface area contributed by atoms with Gasteiger partial charge in [-0.3, -0.25) is 14.9 Å². The predicted molar refractivity (Wildman–Crippen MR) is 74.3 cm³/mol. The van der Waals surface area contributed by atoms with E-state index in [9.17, 15) is 28.1 Å². The Morgan fingerprint density at radius 2 is 1.96 bits per heavy atom. The highest BCUT2D eigenvalue weighted by Crippen LogP contribution is 2.37. The summed E-state index contributed by atoms with van der Waals surface area (Å²) in [5.74, 6) is -1.58. The second-order valence-electron chi connectivity index (χ2n) is 5.25. The van der Waals surface area contributed by atoms with E-state index in [4.69, 9.17) is 4.74 Å². The minimum atomic E-state index is -4.88. The summed E-state index contributed by atoms with van der Waals surface area (Å²) in [6.07, 6.45) is -4.30. The maximum absolute atomic E-state index is 12.4. The summed E-state index contributed by atoms with van der Waals surface area (Å²) in [5.41, 5.74) is 0.482. The van der Waals surface area contributed by atoms with Gasteiger partial charge < -0.3 is 9.64 Å². The van der Waals surface area contributed by atoms with E-state index in [1.54, 1.807) is 0 Å². The highest BCUT2D eigenvalue weighted by molar-refractivity contribution is 5.81. The van der Waals surface area contributed by atoms with E-state index in [2.05, 4.69) is 0 Å². The number of non-ortho nitro benzene ring substituents is 1. The number of halogens is 3. The molecule has 0 aromatic heterocycles. The van der Waals surface area contributed by atoms with Crippen LogP contribution >= 0.6 is 0 Å². The fourth-order valence-corrected chi connectivity index (χ4v) is 2.73. The Morgan fingerprint density at radius 3 is 2.43 bits per heavy atom. The standard InChI is InChI=1S/C14H15F3N2O4/c1-23-12-3-2-10(19(21)22)8-11(12)9-4-6-18(7-5-9)13(20)14(15,16)17/h2-3,8-9H,4-7H2,1H3. The first-order chi connectivity index (χ1) is 10.7. The molecule has 0 atom stereocenters. The fraction of sp³-hybridized carbons (Fsp3) is 0.500. The molecule has 23 heavy (non-hydrogen) atoms. The monoisotopic (exact) mass is 332 g/mol. The molecule has 1 fully saturated rings. The second kappa shape index (κ2) is 6.43. The van der Waals surface area contributed by atoms with Gasteiger partial charge in [0, 0.05) is 30.8 Å². The molecule has 6 nitrogen and oxygen atoms in total. The minimum absolute atomic E-state index is 0.0468. The molecule has 2 rings (SSSR count). The van der Waals surface area contributed by atoms with E-state index >= 15 is 0 Å². The number of ether oxygens (including phenoxy) is 1. The van der Waals surface area contributed by atoms with Gasteiger partial charge >= 0.3 is 12.1 Å². The molecule has 0 spiro atoms. The third-order valence-corrected chi connectivity index (χ3v) is 3.89. The van der Waals surface area contributed by atoms with Crippen LogP contribution in [-0.2, 0) is 4.79 Å². The van der Waals surface area contributed by atoms with Crippen molar-refractivity contribution in [2.24, 2.45) is 0 Å². The van der Waals surface area contributed by atoms with Crippen molar-refractivity contribution in [1.82, 2.24) is 4.90 Å². The van der Waals surface area contributed by atoms with Crippen molar-refractivity contribution in [2.75, 3.05) is 20.2 Å². The van der Waals surface area contributed by atoms with E-state index in [1.165, 1.54) is 25.3 Å². The molecule has 0 radical (unpaired) electrons. The number of nitro groups is 1. The van der Waals surface area contributed by atoms with Crippen LogP contribution < -0.4 is 4.74 Å². The molecule has 1 aromatic rings. The fourth-order valence-electron chi connectivity index (χ4n) is 2.73. The Balaban J connectivity index is 2.15. The summed E-state index contributed by atoms with van der Waals surface area (Å²) in [7, 11) is 1.42. The molecular weight excluding hydrogens is 317 g/mol. The summed E-state index contributed by atoms with van der Waals surface area (Å²) in [6.45, 7) is -0.0935. The molecule has 1 aliphatic rings. The highest BCUT2D eigenvalue weighted by Gasteiger charge is 2.43. The highest BCUT2D eigenvalue weighted by atomic mass is 19.4. The van der Waals surface area contributed by atoms with Crippen molar-refractivity contribution in [1.29, 1.82) is 0 Å². The number of amides is 1. The van der Waals surface area contributed by atoms with Gasteiger partial charge in [-0.1, -0.05) is 0 Å². The molecule has 1 aliphatic heterocycles. The Kier molecular flexibility index (Phi) is 4.76. The smallest absolute Gasteiger partial charge is 0.471 e. The van der Waals surface area contributed by atoms with Crippen molar-refractivity contribution >= 4 is 11.6 Å². The summed E-state index contributed by atoms with van der Waals surface area (Å²) >= 11 is 0. The Hall–Kier alpha value is -2.32. The third-order valence-electron chi connectivity index (χ3n) is 3.89. The largest absolute Gasteiger partial charge is 0.496 e. The summed E-state index contributed by atoms with van der Waals surface area (Å²) in [4.78, 5) is 22.3. The van der Waals surface area contributed by atoms with Gasteiger partial charge in [-0.05, 0) is 24.8 Å². The topological polar surface area (TPSA) is 72.7 Å². The second-order valence-corrected chi connectivity index (χ2v) is 5.25. The lowest BCUT2D eigenvalue weighted by Gasteiger charge is -2.33. The number of piperidine rings is 1. The lowest BCUT2D eigenvalue weighted by Crippen LogP contribution is -2.45. The summed E-state index contributed by atoms with van der Waals surface area (Å²) < 4.78 is 42.5. The molecule has 9 heteroatoms. The number of hydrogen-bond donors (Lipinski definition) is 0. The van der Waals surface area contributed by atoms with Crippen LogP contribution in [0.5, 0.6) is 5.75 Å². The average Bonchev–Trinajstić information content (AvgIpc) is 2.52. The number of methoxy groups -OCH3 is 1. The Bertz CT molecular complexity index is 611. The number of rotatable bonds is 3. The molecule has 0 N–H and O–H groups in total. The maximum Gasteiger partial charge on any atom is 0.471 e. The lowest BCUT2D eigenvalue weighted by atomic mass is 9.88. The molecule has 126 valence electrons. The van der Waals surface area contributed by atoms with Gasteiger partial charge in [0.1, 0.15) is 5.75 Å². The van der Waals surface area contributed by atoms with E-state index in [0.717, 1.165) is 4.90 Å². The van der Waals surface area contributed by atoms with Crippen LogP contribution in [0.3, 0.4) is 0 Å². The molecule has 0 aliphatic carbocycles. The van der Waals surface area contributed by atoms with Crippen LogP contribution in [0.4, 0.5) is 18.9 Å². The summed E-state index contributed by atoms with van der Waals surface area (Å²) in [6, 6.07) is 4.16. The first-order valence-electron chi connectivity index (χ1n) is 6.92. The zero-order valence-corrected chi connectivity index (χ0v) is 12.3. The van der Waals surface area contributed by atoms with Crippen LogP contribution in [0.2, 0.25) is 0 Å². The zero-order chi connectivity index (χ0) is 17.2. The third kappa shape index (κ3) is 3.72. The van der Waals surface area contributed by atoms with E-state index in [0.29, 0.717) is 24.2 Å². The van der Waals surface area contributed by atoms with E-state index in [-0.39, 0.29) is 24.7 Å². The molecule has 1 heterocycles. The Labute approximate surface area is 130 Å². The molecular formula is C14H15F3N2O4. The molecule has 1 amide bonds. The quantitative estimate of drug-likeness (QED) is 0.630. The van der Waals surface area contributed by atoms with Gasteiger partial charge in [0.2, 0.25) is 0 Å². The zero-order valence-electron chi connectivity index (χ0n) is 12.3. The number of nitro benzene ring substituents is 1. The Morgan fingerprint density at radius 1 is 1.35 bits per heavy atom. The molecule has 0 bridgehead atoms. The van der Waals surface area contributed by atoms with Crippen LogP contribution in [0.25, 0.3) is 0 Å². The van der Waals surface area contributed by atoms with Gasteiger partial charge in [0.15, 0.2) is 0 Å². The van der Waals surface area contributed by atoms with Crippen molar-refractivity contribution in [3.05, 3.63) is 33.9 Å². The van der Waals surface area contributed by atoms with Gasteiger partial charge in [-0.25, -0.2) is 0 Å². The number of alkyl halides is 3. The normalized spacial score (nSPS) is 16.3. The van der Waals surface area contributed by atoms with E-state index < -0.39 is 17.0 Å². The van der Waals surface area contributed by atoms with Crippen molar-refractivity contribution in [3.8, 4) is 5.75 Å². The van der Waals surface area contributed by atoms with Crippen LogP contribution in [-0.4, -0.2) is 42.1 Å². The van der Waals surface area contributed by atoms with Gasteiger partial charge in [-0.15, -0.1) is 0 Å². The first-order valence-corrected chi connectivity index (χ1v) is 6.92.